The molecule has 0 radical (unpaired) electrons. The second-order valence-electron chi connectivity index (χ2n) is 3.62. The van der Waals surface area contributed by atoms with Crippen LogP contribution >= 0.6 is 15.9 Å². The third kappa shape index (κ3) is 3.60. The summed E-state index contributed by atoms with van der Waals surface area (Å²) in [6, 6.07) is 7.80. The Kier molecular flexibility index (Phi) is 5.47. The highest BCUT2D eigenvalue weighted by Gasteiger charge is 2.12. The van der Waals surface area contributed by atoms with E-state index in [1.807, 2.05) is 25.1 Å². The molecule has 0 spiro atoms. The second-order valence-corrected chi connectivity index (χ2v) is 4.47. The van der Waals surface area contributed by atoms with Gasteiger partial charge in [0.2, 0.25) is 0 Å². The van der Waals surface area contributed by atoms with Gasteiger partial charge in [0.05, 0.1) is 6.07 Å². The molecule has 0 aromatic heterocycles. The van der Waals surface area contributed by atoms with Gasteiger partial charge in [-0.2, -0.15) is 5.26 Å². The maximum atomic E-state index is 9.08. The molecule has 0 fully saturated rings. The van der Waals surface area contributed by atoms with E-state index in [1.54, 1.807) is 0 Å². The van der Waals surface area contributed by atoms with Crippen LogP contribution in [0.15, 0.2) is 22.7 Å². The molecular formula is C12H15BrN2O. The SMILES string of the molecule is Cc1ccc(C(C#N)NCCCO)c(Br)c1. The molecule has 0 aliphatic heterocycles. The molecule has 0 bridgehead atoms. The van der Waals surface area contributed by atoms with Crippen molar-refractivity contribution < 1.29 is 5.11 Å². The summed E-state index contributed by atoms with van der Waals surface area (Å²) in [5, 5.41) is 20.9. The van der Waals surface area contributed by atoms with Crippen molar-refractivity contribution in [2.45, 2.75) is 19.4 Å². The maximum Gasteiger partial charge on any atom is 0.122 e. The van der Waals surface area contributed by atoms with Crippen LogP contribution in [0.25, 0.3) is 0 Å². The van der Waals surface area contributed by atoms with E-state index >= 15 is 0 Å². The van der Waals surface area contributed by atoms with Gasteiger partial charge in [0, 0.05) is 11.1 Å². The number of aliphatic hydroxyl groups is 1. The Labute approximate surface area is 104 Å². The monoisotopic (exact) mass is 282 g/mol. The van der Waals surface area contributed by atoms with E-state index in [2.05, 4.69) is 27.3 Å². The lowest BCUT2D eigenvalue weighted by Crippen LogP contribution is -2.22. The fourth-order valence-corrected chi connectivity index (χ4v) is 2.14. The molecule has 0 saturated heterocycles. The average molecular weight is 283 g/mol. The van der Waals surface area contributed by atoms with Crippen molar-refractivity contribution in [3.63, 3.8) is 0 Å². The van der Waals surface area contributed by atoms with Crippen molar-refractivity contribution in [2.75, 3.05) is 13.2 Å². The third-order valence-corrected chi connectivity index (χ3v) is 2.97. The zero-order valence-corrected chi connectivity index (χ0v) is 10.8. The highest BCUT2D eigenvalue weighted by atomic mass is 79.9. The first kappa shape index (κ1) is 13.2. The van der Waals surface area contributed by atoms with Crippen molar-refractivity contribution in [3.05, 3.63) is 33.8 Å². The molecule has 16 heavy (non-hydrogen) atoms. The maximum absolute atomic E-state index is 9.08. The van der Waals surface area contributed by atoms with Crippen LogP contribution in [-0.2, 0) is 0 Å². The summed E-state index contributed by atoms with van der Waals surface area (Å²) in [6.07, 6.45) is 0.654. The Morgan fingerprint density at radius 1 is 1.56 bits per heavy atom. The summed E-state index contributed by atoms with van der Waals surface area (Å²) in [5.41, 5.74) is 2.09. The Morgan fingerprint density at radius 3 is 2.88 bits per heavy atom. The van der Waals surface area contributed by atoms with Crippen LogP contribution in [0, 0.1) is 18.3 Å². The average Bonchev–Trinajstić information content (AvgIpc) is 2.26. The summed E-state index contributed by atoms with van der Waals surface area (Å²) in [7, 11) is 0. The van der Waals surface area contributed by atoms with E-state index in [1.165, 1.54) is 0 Å². The third-order valence-electron chi connectivity index (χ3n) is 2.28. The first-order valence-electron chi connectivity index (χ1n) is 5.19. The molecule has 0 aliphatic rings. The number of hydrogen-bond donors (Lipinski definition) is 2. The van der Waals surface area contributed by atoms with Crippen molar-refractivity contribution in [1.82, 2.24) is 5.32 Å². The van der Waals surface area contributed by atoms with E-state index < -0.39 is 0 Å². The van der Waals surface area contributed by atoms with Gasteiger partial charge in [-0.1, -0.05) is 28.1 Å². The van der Waals surface area contributed by atoms with Gasteiger partial charge in [-0.05, 0) is 37.1 Å². The molecule has 4 heteroatoms. The predicted octanol–water partition coefficient (Wildman–Crippen LogP) is 2.29. The summed E-state index contributed by atoms with van der Waals surface area (Å²) in [6.45, 7) is 2.78. The van der Waals surface area contributed by atoms with E-state index in [4.69, 9.17) is 10.4 Å². The van der Waals surface area contributed by atoms with Crippen LogP contribution in [0.2, 0.25) is 0 Å². The standard InChI is InChI=1S/C12H15BrN2O/c1-9-3-4-10(11(13)7-9)12(8-14)15-5-2-6-16/h3-4,7,12,15-16H,2,5-6H2,1H3. The Balaban J connectivity index is 2.76. The number of aliphatic hydroxyl groups excluding tert-OH is 1. The van der Waals surface area contributed by atoms with Crippen molar-refractivity contribution in [2.24, 2.45) is 0 Å². The number of halogens is 1. The fourth-order valence-electron chi connectivity index (χ4n) is 1.42. The van der Waals surface area contributed by atoms with E-state index in [-0.39, 0.29) is 12.6 Å². The number of benzene rings is 1. The number of hydrogen-bond acceptors (Lipinski definition) is 3. The van der Waals surface area contributed by atoms with Crippen LogP contribution in [-0.4, -0.2) is 18.3 Å². The minimum absolute atomic E-state index is 0.139. The van der Waals surface area contributed by atoms with Gasteiger partial charge < -0.3 is 5.11 Å². The molecule has 1 rings (SSSR count). The summed E-state index contributed by atoms with van der Waals surface area (Å²) < 4.78 is 0.940. The van der Waals surface area contributed by atoms with Gasteiger partial charge in [0.25, 0.3) is 0 Å². The quantitative estimate of drug-likeness (QED) is 0.815. The lowest BCUT2D eigenvalue weighted by Gasteiger charge is -2.13. The predicted molar refractivity (Wildman–Crippen MR) is 66.9 cm³/mol. The smallest absolute Gasteiger partial charge is 0.122 e. The van der Waals surface area contributed by atoms with E-state index in [9.17, 15) is 0 Å². The Morgan fingerprint density at radius 2 is 2.31 bits per heavy atom. The molecule has 0 aliphatic carbocycles. The molecule has 1 unspecified atom stereocenters. The minimum atomic E-state index is -0.332. The molecule has 1 atom stereocenters. The van der Waals surface area contributed by atoms with Crippen LogP contribution in [0.4, 0.5) is 0 Å². The molecule has 2 N–H and O–H groups in total. The Bertz CT molecular complexity index is 387. The number of nitrogens with one attached hydrogen (secondary N) is 1. The number of nitrogens with zero attached hydrogens (tertiary/aromatic N) is 1. The largest absolute Gasteiger partial charge is 0.396 e. The molecule has 1 aromatic carbocycles. The molecule has 86 valence electrons. The molecule has 0 saturated carbocycles. The zero-order chi connectivity index (χ0) is 12.0. The van der Waals surface area contributed by atoms with Gasteiger partial charge in [0.1, 0.15) is 6.04 Å². The van der Waals surface area contributed by atoms with Gasteiger partial charge in [-0.3, -0.25) is 5.32 Å². The fraction of sp³-hybridized carbons (Fsp3) is 0.417. The van der Waals surface area contributed by atoms with E-state index in [0.717, 1.165) is 15.6 Å². The van der Waals surface area contributed by atoms with Crippen LogP contribution in [0.3, 0.4) is 0 Å². The van der Waals surface area contributed by atoms with E-state index in [0.29, 0.717) is 13.0 Å². The van der Waals surface area contributed by atoms with Gasteiger partial charge in [-0.15, -0.1) is 0 Å². The number of rotatable bonds is 5. The van der Waals surface area contributed by atoms with Crippen molar-refractivity contribution in [3.8, 4) is 6.07 Å². The summed E-state index contributed by atoms with van der Waals surface area (Å²) in [4.78, 5) is 0. The first-order valence-corrected chi connectivity index (χ1v) is 5.98. The lowest BCUT2D eigenvalue weighted by atomic mass is 10.1. The van der Waals surface area contributed by atoms with Gasteiger partial charge in [-0.25, -0.2) is 0 Å². The highest BCUT2D eigenvalue weighted by molar-refractivity contribution is 9.10. The topological polar surface area (TPSA) is 56.0 Å². The Hall–Kier alpha value is -0.890. The summed E-state index contributed by atoms with van der Waals surface area (Å²) in [5.74, 6) is 0. The highest BCUT2D eigenvalue weighted by Crippen LogP contribution is 2.24. The number of nitriles is 1. The molecular weight excluding hydrogens is 268 g/mol. The lowest BCUT2D eigenvalue weighted by molar-refractivity contribution is 0.285. The number of aryl methyl sites for hydroxylation is 1. The first-order chi connectivity index (χ1) is 7.69. The summed E-state index contributed by atoms with van der Waals surface area (Å²) >= 11 is 3.46. The molecule has 0 amide bonds. The van der Waals surface area contributed by atoms with Crippen LogP contribution in [0.5, 0.6) is 0 Å². The minimum Gasteiger partial charge on any atom is -0.396 e. The van der Waals surface area contributed by atoms with Crippen LogP contribution in [0.1, 0.15) is 23.6 Å². The van der Waals surface area contributed by atoms with Gasteiger partial charge >= 0.3 is 0 Å². The molecule has 3 nitrogen and oxygen atoms in total. The molecule has 0 heterocycles. The second kappa shape index (κ2) is 6.64. The van der Waals surface area contributed by atoms with Gasteiger partial charge in [0.15, 0.2) is 0 Å². The van der Waals surface area contributed by atoms with Crippen molar-refractivity contribution >= 4 is 15.9 Å². The zero-order valence-electron chi connectivity index (χ0n) is 9.20. The molecule has 1 aromatic rings. The van der Waals surface area contributed by atoms with Crippen LogP contribution < -0.4 is 5.32 Å². The van der Waals surface area contributed by atoms with Crippen molar-refractivity contribution in [1.29, 1.82) is 5.26 Å². The normalized spacial score (nSPS) is 12.1.